The van der Waals surface area contributed by atoms with Crippen LogP contribution in [-0.4, -0.2) is 66.9 Å². The van der Waals surface area contributed by atoms with Crippen LogP contribution >= 0.6 is 0 Å². The molecule has 0 spiro atoms. The van der Waals surface area contributed by atoms with Gasteiger partial charge in [0.1, 0.15) is 23.2 Å². The quantitative estimate of drug-likeness (QED) is 0.390. The van der Waals surface area contributed by atoms with Gasteiger partial charge in [0.25, 0.3) is 0 Å². The van der Waals surface area contributed by atoms with E-state index < -0.39 is 16.0 Å². The van der Waals surface area contributed by atoms with Crippen LogP contribution in [0, 0.1) is 0 Å². The summed E-state index contributed by atoms with van der Waals surface area (Å²) in [6.45, 7) is -0.151. The molecule has 0 heterocycles. The molecule has 0 aliphatic heterocycles. The molecule has 0 radical (unpaired) electrons. The Morgan fingerprint density at radius 3 is 1.85 bits per heavy atom. The zero-order valence-electron chi connectivity index (χ0n) is 7.51. The monoisotopic (exact) mass is 213 g/mol. The van der Waals surface area contributed by atoms with Crippen LogP contribution in [0.5, 0.6) is 0 Å². The number of aliphatic hydroxyl groups is 2. The molecule has 0 aliphatic carbocycles. The predicted molar refractivity (Wildman–Crippen MR) is 44.7 cm³/mol. The van der Waals surface area contributed by atoms with Crippen LogP contribution in [0.4, 0.5) is 0 Å². The average Bonchev–Trinajstić information content (AvgIpc) is 1.82. The van der Waals surface area contributed by atoms with Gasteiger partial charge in [-0.25, -0.2) is 8.42 Å². The summed E-state index contributed by atoms with van der Waals surface area (Å²) >= 11 is 0. The molecule has 0 fully saturated rings. The van der Waals surface area contributed by atoms with Gasteiger partial charge >= 0.3 is 0 Å². The van der Waals surface area contributed by atoms with Gasteiger partial charge in [0.15, 0.2) is 5.88 Å². The van der Waals surface area contributed by atoms with Gasteiger partial charge in [-0.15, -0.1) is 0 Å². The van der Waals surface area contributed by atoms with Gasteiger partial charge in [0.05, 0.1) is 20.3 Å². The Kier molecular flexibility index (Phi) is 4.79. The normalized spacial score (nSPS) is 13.2. The fraction of sp³-hybridized carbons (Fsp3) is 1.00. The first-order valence-electron chi connectivity index (χ1n) is 3.82. The molecule has 0 unspecified atom stereocenters. The first-order chi connectivity index (χ1) is 5.83. The van der Waals surface area contributed by atoms with E-state index in [9.17, 15) is 13.0 Å². The molecule has 0 bridgehead atoms. The van der Waals surface area contributed by atoms with Crippen molar-refractivity contribution in [2.24, 2.45) is 0 Å². The highest BCUT2D eigenvalue weighted by molar-refractivity contribution is 7.85. The Morgan fingerprint density at radius 2 is 1.62 bits per heavy atom. The van der Waals surface area contributed by atoms with E-state index in [0.29, 0.717) is 0 Å². The Balaban J connectivity index is 4.40. The van der Waals surface area contributed by atoms with E-state index in [1.165, 1.54) is 7.05 Å². The van der Waals surface area contributed by atoms with Gasteiger partial charge in [-0.3, -0.25) is 0 Å². The van der Waals surface area contributed by atoms with Crippen molar-refractivity contribution in [3.8, 4) is 0 Å². The minimum Gasteiger partial charge on any atom is -0.744 e. The molecule has 0 aromatic carbocycles. The second-order valence-electron chi connectivity index (χ2n) is 3.20. The van der Waals surface area contributed by atoms with E-state index in [-0.39, 0.29) is 30.8 Å². The van der Waals surface area contributed by atoms with Gasteiger partial charge in [-0.2, -0.15) is 0 Å². The average molecular weight is 213 g/mol. The molecule has 13 heavy (non-hydrogen) atoms. The van der Waals surface area contributed by atoms with Crippen LogP contribution < -0.4 is 0 Å². The molecule has 0 aromatic heterocycles. The van der Waals surface area contributed by atoms with E-state index in [2.05, 4.69) is 0 Å². The number of hydrogen-bond donors (Lipinski definition) is 2. The summed E-state index contributed by atoms with van der Waals surface area (Å²) in [7, 11) is -2.82. The number of likely N-dealkylation sites (N-methyl/N-ethyl adjacent to an activating group) is 1. The molecular weight excluding hydrogens is 198 g/mol. The van der Waals surface area contributed by atoms with E-state index in [1.807, 2.05) is 0 Å². The molecule has 0 atom stereocenters. The minimum atomic E-state index is -4.33. The van der Waals surface area contributed by atoms with Crippen LogP contribution in [0.2, 0.25) is 0 Å². The van der Waals surface area contributed by atoms with Gasteiger partial charge < -0.3 is 19.2 Å². The topological polar surface area (TPSA) is 97.7 Å². The van der Waals surface area contributed by atoms with E-state index in [0.717, 1.165) is 0 Å². The summed E-state index contributed by atoms with van der Waals surface area (Å²) in [6, 6.07) is 0. The fourth-order valence-electron chi connectivity index (χ4n) is 1.11. The van der Waals surface area contributed by atoms with Gasteiger partial charge in [0.2, 0.25) is 0 Å². The van der Waals surface area contributed by atoms with Crippen LogP contribution in [0.3, 0.4) is 0 Å². The van der Waals surface area contributed by atoms with Crippen molar-refractivity contribution >= 4 is 10.1 Å². The Labute approximate surface area is 77.8 Å². The summed E-state index contributed by atoms with van der Waals surface area (Å²) < 4.78 is 31.2. The molecule has 0 amide bonds. The summed E-state index contributed by atoms with van der Waals surface area (Å²) in [6.07, 6.45) is 0. The number of rotatable bonds is 6. The highest BCUT2D eigenvalue weighted by Gasteiger charge is 2.23. The van der Waals surface area contributed by atoms with Gasteiger partial charge in [0, 0.05) is 0 Å². The SMILES string of the molecule is C[N+](CCO)(CCO)CS(=O)(=O)[O-]. The number of nitrogens with zero attached hydrogens (tertiary/aromatic N) is 1. The fourth-order valence-corrected chi connectivity index (χ4v) is 2.13. The largest absolute Gasteiger partial charge is 0.744 e. The van der Waals surface area contributed by atoms with Gasteiger partial charge in [-0.05, 0) is 0 Å². The van der Waals surface area contributed by atoms with Crippen molar-refractivity contribution in [3.63, 3.8) is 0 Å². The van der Waals surface area contributed by atoms with Crippen molar-refractivity contribution in [1.29, 1.82) is 0 Å². The zero-order chi connectivity index (χ0) is 10.5. The van der Waals surface area contributed by atoms with Crippen LogP contribution in [-0.2, 0) is 10.1 Å². The van der Waals surface area contributed by atoms with Crippen LogP contribution in [0.1, 0.15) is 0 Å². The molecule has 80 valence electrons. The Hall–Kier alpha value is -0.210. The zero-order valence-corrected chi connectivity index (χ0v) is 8.33. The van der Waals surface area contributed by atoms with Crippen molar-refractivity contribution < 1.29 is 27.7 Å². The lowest BCUT2D eigenvalue weighted by Crippen LogP contribution is -2.50. The first-order valence-corrected chi connectivity index (χ1v) is 5.39. The van der Waals surface area contributed by atoms with Crippen molar-refractivity contribution in [2.75, 3.05) is 39.2 Å². The third-order valence-electron chi connectivity index (χ3n) is 1.75. The second-order valence-corrected chi connectivity index (χ2v) is 4.57. The maximum Gasteiger partial charge on any atom is 0.169 e. The molecule has 0 aliphatic rings. The maximum atomic E-state index is 10.5. The molecule has 0 saturated heterocycles. The van der Waals surface area contributed by atoms with Crippen molar-refractivity contribution in [1.82, 2.24) is 0 Å². The van der Waals surface area contributed by atoms with Crippen molar-refractivity contribution in [3.05, 3.63) is 0 Å². The van der Waals surface area contributed by atoms with Gasteiger partial charge in [-0.1, -0.05) is 0 Å². The lowest BCUT2D eigenvalue weighted by Gasteiger charge is -2.33. The minimum absolute atomic E-state index is 0.141. The molecule has 0 saturated carbocycles. The van der Waals surface area contributed by atoms with Crippen LogP contribution in [0.15, 0.2) is 0 Å². The maximum absolute atomic E-state index is 10.5. The standard InChI is InChI=1S/C6H15NO5S/c1-7(2-4-8,3-5-9)6-13(10,11)12/h8-9H,2-6H2,1H3. The summed E-state index contributed by atoms with van der Waals surface area (Å²) in [5, 5.41) is 17.3. The highest BCUT2D eigenvalue weighted by Crippen LogP contribution is 2.03. The van der Waals surface area contributed by atoms with Crippen molar-refractivity contribution in [2.45, 2.75) is 0 Å². The smallest absolute Gasteiger partial charge is 0.169 e. The predicted octanol–water partition coefficient (Wildman–Crippen LogP) is -2.08. The number of quaternary nitrogens is 1. The Bertz CT molecular complexity index is 231. The summed E-state index contributed by atoms with van der Waals surface area (Å²) in [5.74, 6) is -0.603. The molecule has 0 aromatic rings. The summed E-state index contributed by atoms with van der Waals surface area (Å²) in [5.41, 5.74) is 0. The first kappa shape index (κ1) is 12.8. The van der Waals surface area contributed by atoms with E-state index in [4.69, 9.17) is 10.2 Å². The number of hydrogen-bond acceptors (Lipinski definition) is 5. The van der Waals surface area contributed by atoms with Crippen LogP contribution in [0.25, 0.3) is 0 Å². The molecule has 7 heteroatoms. The molecule has 6 nitrogen and oxygen atoms in total. The Morgan fingerprint density at radius 1 is 1.23 bits per heavy atom. The third kappa shape index (κ3) is 5.94. The van der Waals surface area contributed by atoms with E-state index in [1.54, 1.807) is 0 Å². The lowest BCUT2D eigenvalue weighted by molar-refractivity contribution is -0.899. The second kappa shape index (κ2) is 4.87. The van der Waals surface area contributed by atoms with E-state index >= 15 is 0 Å². The highest BCUT2D eigenvalue weighted by atomic mass is 32.2. The molecule has 2 N–H and O–H groups in total. The third-order valence-corrected chi connectivity index (χ3v) is 2.69. The molecule has 0 rings (SSSR count). The lowest BCUT2D eigenvalue weighted by atomic mass is 10.4. The number of aliphatic hydroxyl groups excluding tert-OH is 2. The summed E-state index contributed by atoms with van der Waals surface area (Å²) in [4.78, 5) is 0. The molecular formula is C6H15NO5S.